The molecule has 0 aliphatic carbocycles. The monoisotopic (exact) mass is 295 g/mol. The lowest BCUT2D eigenvalue weighted by atomic mass is 10.1. The predicted molar refractivity (Wildman–Crippen MR) is 73.1 cm³/mol. The largest absolute Gasteiger partial charge is 0.263 e. The van der Waals surface area contributed by atoms with Crippen molar-refractivity contribution >= 4 is 10.0 Å². The molecular weight excluding hydrogens is 278 g/mol. The highest BCUT2D eigenvalue weighted by molar-refractivity contribution is 7.89. The van der Waals surface area contributed by atoms with Crippen LogP contribution in [0, 0.1) is 5.92 Å². The fourth-order valence-corrected chi connectivity index (χ4v) is 3.12. The summed E-state index contributed by atoms with van der Waals surface area (Å²) in [5, 5.41) is 3.98. The summed E-state index contributed by atoms with van der Waals surface area (Å²) in [6, 6.07) is 2.64. The number of aryl methyl sites for hydroxylation is 1. The van der Waals surface area contributed by atoms with Gasteiger partial charge in [0.15, 0.2) is 0 Å². The number of nitrogens with zero attached hydrogens (tertiary/aromatic N) is 4. The third-order valence-electron chi connectivity index (χ3n) is 2.92. The molecule has 0 spiro atoms. The molecule has 1 N–H and O–H groups in total. The molecule has 2 aromatic heterocycles. The summed E-state index contributed by atoms with van der Waals surface area (Å²) >= 11 is 0. The molecule has 2 rings (SSSR count). The Labute approximate surface area is 118 Å². The van der Waals surface area contributed by atoms with Gasteiger partial charge in [0.1, 0.15) is 17.0 Å². The van der Waals surface area contributed by atoms with E-state index in [4.69, 9.17) is 0 Å². The van der Waals surface area contributed by atoms with Gasteiger partial charge in [-0.3, -0.25) is 9.67 Å². The summed E-state index contributed by atoms with van der Waals surface area (Å²) in [7, 11) is -1.91. The first kappa shape index (κ1) is 14.6. The van der Waals surface area contributed by atoms with Gasteiger partial charge in [-0.1, -0.05) is 13.8 Å². The maximum Gasteiger partial charge on any atom is 0.242 e. The number of aromatic nitrogens is 4. The Morgan fingerprint density at radius 3 is 2.60 bits per heavy atom. The van der Waals surface area contributed by atoms with E-state index in [9.17, 15) is 8.42 Å². The van der Waals surface area contributed by atoms with Gasteiger partial charge in [-0.15, -0.1) is 0 Å². The first-order chi connectivity index (χ1) is 9.42. The van der Waals surface area contributed by atoms with Crippen molar-refractivity contribution in [3.8, 4) is 0 Å². The van der Waals surface area contributed by atoms with Crippen molar-refractivity contribution in [2.75, 3.05) is 0 Å². The van der Waals surface area contributed by atoms with Crippen LogP contribution in [0.1, 0.15) is 25.7 Å². The van der Waals surface area contributed by atoms with Gasteiger partial charge in [0, 0.05) is 19.4 Å². The van der Waals surface area contributed by atoms with E-state index in [1.54, 1.807) is 17.8 Å². The zero-order valence-corrected chi connectivity index (χ0v) is 12.4. The minimum atomic E-state index is -3.64. The van der Waals surface area contributed by atoms with Crippen molar-refractivity contribution in [1.82, 2.24) is 24.5 Å². The van der Waals surface area contributed by atoms with E-state index in [2.05, 4.69) is 19.8 Å². The van der Waals surface area contributed by atoms with E-state index >= 15 is 0 Å². The van der Waals surface area contributed by atoms with Crippen LogP contribution in [0.4, 0.5) is 0 Å². The molecule has 0 bridgehead atoms. The topological polar surface area (TPSA) is 89.8 Å². The quantitative estimate of drug-likeness (QED) is 0.884. The number of rotatable bonds is 5. The molecule has 1 unspecified atom stereocenters. The molecule has 7 nitrogen and oxygen atoms in total. The Balaban J connectivity index is 2.32. The van der Waals surface area contributed by atoms with Crippen LogP contribution in [0.3, 0.4) is 0 Å². The number of hydrogen-bond acceptors (Lipinski definition) is 5. The van der Waals surface area contributed by atoms with Crippen molar-refractivity contribution in [2.24, 2.45) is 13.0 Å². The zero-order valence-electron chi connectivity index (χ0n) is 11.6. The molecule has 0 saturated heterocycles. The molecule has 8 heteroatoms. The molecule has 0 aliphatic rings. The fourth-order valence-electron chi connectivity index (χ4n) is 1.81. The summed E-state index contributed by atoms with van der Waals surface area (Å²) in [5.41, 5.74) is 0. The Kier molecular flexibility index (Phi) is 4.15. The highest BCUT2D eigenvalue weighted by Crippen LogP contribution is 2.21. The molecule has 2 aromatic rings. The molecule has 108 valence electrons. The van der Waals surface area contributed by atoms with Gasteiger partial charge in [-0.05, 0) is 18.1 Å². The van der Waals surface area contributed by atoms with Crippen LogP contribution in [0.25, 0.3) is 0 Å². The zero-order chi connectivity index (χ0) is 14.8. The molecule has 0 aliphatic heterocycles. The maximum absolute atomic E-state index is 12.3. The number of hydrogen-bond donors (Lipinski definition) is 1. The van der Waals surface area contributed by atoms with Gasteiger partial charge in [-0.2, -0.15) is 5.10 Å². The maximum atomic E-state index is 12.3. The first-order valence-corrected chi connectivity index (χ1v) is 7.66. The van der Waals surface area contributed by atoms with Gasteiger partial charge in [0.2, 0.25) is 10.0 Å². The lowest BCUT2D eigenvalue weighted by molar-refractivity contribution is 0.429. The van der Waals surface area contributed by atoms with E-state index in [1.165, 1.54) is 24.8 Å². The van der Waals surface area contributed by atoms with Crippen molar-refractivity contribution < 1.29 is 8.42 Å². The normalized spacial score (nSPS) is 13.6. The van der Waals surface area contributed by atoms with Gasteiger partial charge in [0.25, 0.3) is 0 Å². The molecule has 1 atom stereocenters. The van der Waals surface area contributed by atoms with Crippen molar-refractivity contribution in [3.63, 3.8) is 0 Å². The van der Waals surface area contributed by atoms with Gasteiger partial charge in [0.05, 0.1) is 6.04 Å². The Morgan fingerprint density at radius 2 is 2.10 bits per heavy atom. The van der Waals surface area contributed by atoms with Crippen LogP contribution in [0.15, 0.2) is 35.7 Å². The third-order valence-corrected chi connectivity index (χ3v) is 4.34. The fraction of sp³-hybridized carbons (Fsp3) is 0.417. The van der Waals surface area contributed by atoms with Gasteiger partial charge in [-0.25, -0.2) is 18.1 Å². The van der Waals surface area contributed by atoms with Crippen molar-refractivity contribution in [2.45, 2.75) is 24.8 Å². The second-order valence-electron chi connectivity index (χ2n) is 4.77. The van der Waals surface area contributed by atoms with Crippen molar-refractivity contribution in [3.05, 3.63) is 36.7 Å². The van der Waals surface area contributed by atoms with Crippen LogP contribution < -0.4 is 4.72 Å². The minimum absolute atomic E-state index is 0.0318. The molecule has 0 amide bonds. The smallest absolute Gasteiger partial charge is 0.242 e. The van der Waals surface area contributed by atoms with E-state index in [0.29, 0.717) is 5.82 Å². The number of pyridine rings is 1. The van der Waals surface area contributed by atoms with E-state index < -0.39 is 16.1 Å². The van der Waals surface area contributed by atoms with Crippen LogP contribution in [0.5, 0.6) is 0 Å². The molecule has 0 saturated carbocycles. The minimum Gasteiger partial charge on any atom is -0.263 e. The summed E-state index contributed by atoms with van der Waals surface area (Å²) in [5.74, 6) is 0.608. The van der Waals surface area contributed by atoms with Crippen molar-refractivity contribution in [1.29, 1.82) is 0 Å². The molecule has 0 aromatic carbocycles. The number of sulfonamides is 1. The summed E-state index contributed by atoms with van der Waals surface area (Å²) in [6.07, 6.45) is 4.25. The van der Waals surface area contributed by atoms with E-state index in [1.807, 2.05) is 13.8 Å². The predicted octanol–water partition coefficient (Wildman–Crippen LogP) is 0.886. The third kappa shape index (κ3) is 3.02. The summed E-state index contributed by atoms with van der Waals surface area (Å²) in [4.78, 5) is 8.09. The molecule has 2 heterocycles. The van der Waals surface area contributed by atoms with Crippen LogP contribution >= 0.6 is 0 Å². The second-order valence-corrected chi connectivity index (χ2v) is 6.49. The highest BCUT2D eigenvalue weighted by Gasteiger charge is 2.27. The van der Waals surface area contributed by atoms with Crippen LogP contribution in [0.2, 0.25) is 0 Å². The number of nitrogens with one attached hydrogen (secondary N) is 1. The van der Waals surface area contributed by atoms with Gasteiger partial charge < -0.3 is 0 Å². The molecule has 20 heavy (non-hydrogen) atoms. The SMILES string of the molecule is CC(C)C(NS(=O)(=O)c1cccnc1)c1ncnn1C. The Morgan fingerprint density at radius 1 is 1.35 bits per heavy atom. The first-order valence-electron chi connectivity index (χ1n) is 6.18. The highest BCUT2D eigenvalue weighted by atomic mass is 32.2. The second kappa shape index (κ2) is 5.68. The van der Waals surface area contributed by atoms with E-state index in [-0.39, 0.29) is 10.8 Å². The summed E-state index contributed by atoms with van der Waals surface area (Å²) in [6.45, 7) is 3.84. The lowest BCUT2D eigenvalue weighted by Crippen LogP contribution is -2.33. The molecule has 0 radical (unpaired) electrons. The summed E-state index contributed by atoms with van der Waals surface area (Å²) < 4.78 is 28.9. The average Bonchev–Trinajstić information content (AvgIpc) is 2.83. The molecule has 0 fully saturated rings. The van der Waals surface area contributed by atoms with Gasteiger partial charge >= 0.3 is 0 Å². The Bertz CT molecular complexity index is 666. The van der Waals surface area contributed by atoms with Crippen LogP contribution in [-0.2, 0) is 17.1 Å². The molecular formula is C12H17N5O2S. The van der Waals surface area contributed by atoms with Crippen LogP contribution in [-0.4, -0.2) is 28.2 Å². The standard InChI is InChI=1S/C12H17N5O2S/c1-9(2)11(12-14-8-15-17(12)3)16-20(18,19)10-5-4-6-13-7-10/h4-9,11,16H,1-3H3. The average molecular weight is 295 g/mol. The van der Waals surface area contributed by atoms with E-state index in [0.717, 1.165) is 0 Å². The lowest BCUT2D eigenvalue weighted by Gasteiger charge is -2.21. The Hall–Kier alpha value is -1.80.